The predicted molar refractivity (Wildman–Crippen MR) is 73.4 cm³/mol. The summed E-state index contributed by atoms with van der Waals surface area (Å²) in [5.74, 6) is -0.879. The first-order chi connectivity index (χ1) is 8.86. The van der Waals surface area contributed by atoms with Crippen molar-refractivity contribution in [2.45, 2.75) is 18.7 Å². The van der Waals surface area contributed by atoms with Gasteiger partial charge in [-0.25, -0.2) is 13.2 Å². The van der Waals surface area contributed by atoms with Crippen molar-refractivity contribution >= 4 is 15.8 Å². The van der Waals surface area contributed by atoms with E-state index in [9.17, 15) is 13.2 Å². The van der Waals surface area contributed by atoms with Gasteiger partial charge < -0.3 is 4.74 Å². The van der Waals surface area contributed by atoms with E-state index in [0.717, 1.165) is 0 Å². The minimum Gasteiger partial charge on any atom is -0.466 e. The number of ether oxygens (including phenoxy) is 1. The highest BCUT2D eigenvalue weighted by Gasteiger charge is 2.21. The molecule has 0 saturated carbocycles. The molecule has 0 aliphatic rings. The Labute approximate surface area is 114 Å². The lowest BCUT2D eigenvalue weighted by molar-refractivity contribution is -0.136. The summed E-state index contributed by atoms with van der Waals surface area (Å²) in [6, 6.07) is 8.07. The van der Waals surface area contributed by atoms with E-state index in [1.807, 2.05) is 13.8 Å². The fourth-order valence-corrected chi connectivity index (χ4v) is 2.99. The van der Waals surface area contributed by atoms with Crippen molar-refractivity contribution in [3.05, 3.63) is 42.0 Å². The molecule has 104 valence electrons. The Morgan fingerprint density at radius 1 is 1.26 bits per heavy atom. The van der Waals surface area contributed by atoms with E-state index >= 15 is 0 Å². The summed E-state index contributed by atoms with van der Waals surface area (Å²) < 4.78 is 29.0. The molecule has 0 saturated heterocycles. The normalized spacial score (nSPS) is 12.5. The van der Waals surface area contributed by atoms with E-state index in [-0.39, 0.29) is 22.1 Å². The molecule has 0 fully saturated rings. The molecule has 0 bridgehead atoms. The van der Waals surface area contributed by atoms with E-state index in [0.29, 0.717) is 0 Å². The third-order valence-electron chi connectivity index (χ3n) is 2.43. The Balaban J connectivity index is 3.07. The summed E-state index contributed by atoms with van der Waals surface area (Å²) >= 11 is 0. The fraction of sp³-hybridized carbons (Fsp3) is 0.357. The number of esters is 1. The van der Waals surface area contributed by atoms with Crippen molar-refractivity contribution in [1.82, 2.24) is 0 Å². The number of allylic oxidation sites excluding steroid dienone is 1. The first kappa shape index (κ1) is 15.4. The van der Waals surface area contributed by atoms with E-state index in [1.54, 1.807) is 24.3 Å². The summed E-state index contributed by atoms with van der Waals surface area (Å²) in [5.41, 5.74) is 0.168. The zero-order valence-electron chi connectivity index (χ0n) is 11.3. The lowest BCUT2D eigenvalue weighted by Crippen LogP contribution is -2.17. The minimum absolute atomic E-state index is 0.0695. The maximum absolute atomic E-state index is 12.2. The van der Waals surface area contributed by atoms with Crippen LogP contribution in [0.1, 0.15) is 13.8 Å². The smallest absolute Gasteiger partial charge is 0.334 e. The van der Waals surface area contributed by atoms with Gasteiger partial charge in [-0.1, -0.05) is 38.1 Å². The molecule has 0 aliphatic carbocycles. The zero-order valence-corrected chi connectivity index (χ0v) is 12.1. The number of rotatable bonds is 5. The van der Waals surface area contributed by atoms with Gasteiger partial charge in [0, 0.05) is 5.57 Å². The highest BCUT2D eigenvalue weighted by molar-refractivity contribution is 7.91. The number of hydrogen-bond acceptors (Lipinski definition) is 4. The SMILES string of the molecule is COC(=O)/C(=C/C(C)C)CS(=O)(=O)c1ccccc1. The minimum atomic E-state index is -3.53. The van der Waals surface area contributed by atoms with Crippen LogP contribution in [0.3, 0.4) is 0 Å². The maximum atomic E-state index is 12.2. The molecule has 0 spiro atoms. The van der Waals surface area contributed by atoms with Gasteiger partial charge in [0.1, 0.15) is 0 Å². The van der Waals surface area contributed by atoms with Gasteiger partial charge in [-0.3, -0.25) is 0 Å². The molecule has 0 atom stereocenters. The first-order valence-electron chi connectivity index (χ1n) is 5.93. The van der Waals surface area contributed by atoms with Crippen LogP contribution in [0.25, 0.3) is 0 Å². The van der Waals surface area contributed by atoms with Gasteiger partial charge in [0.2, 0.25) is 0 Å². The molecule has 19 heavy (non-hydrogen) atoms. The average molecular weight is 282 g/mol. The molecular weight excluding hydrogens is 264 g/mol. The molecule has 0 unspecified atom stereocenters. The summed E-state index contributed by atoms with van der Waals surface area (Å²) in [5, 5.41) is 0. The van der Waals surface area contributed by atoms with Gasteiger partial charge in [0.25, 0.3) is 0 Å². The van der Waals surface area contributed by atoms with Crippen molar-refractivity contribution in [1.29, 1.82) is 0 Å². The summed E-state index contributed by atoms with van der Waals surface area (Å²) in [6.45, 7) is 3.75. The number of benzene rings is 1. The highest BCUT2D eigenvalue weighted by atomic mass is 32.2. The second-order valence-corrected chi connectivity index (χ2v) is 6.49. The summed E-state index contributed by atoms with van der Waals surface area (Å²) in [4.78, 5) is 11.8. The van der Waals surface area contributed by atoms with Gasteiger partial charge in [-0.2, -0.15) is 0 Å². The molecule has 0 N–H and O–H groups in total. The van der Waals surface area contributed by atoms with E-state index in [2.05, 4.69) is 4.74 Å². The summed E-state index contributed by atoms with van der Waals surface area (Å²) in [7, 11) is -2.29. The number of carbonyl (C=O) groups is 1. The van der Waals surface area contributed by atoms with Crippen LogP contribution in [0.15, 0.2) is 46.9 Å². The topological polar surface area (TPSA) is 60.4 Å². The largest absolute Gasteiger partial charge is 0.466 e. The number of sulfone groups is 1. The van der Waals surface area contributed by atoms with Crippen LogP contribution < -0.4 is 0 Å². The molecular formula is C14H18O4S. The molecule has 1 aromatic carbocycles. The zero-order chi connectivity index (χ0) is 14.5. The molecule has 5 heteroatoms. The van der Waals surface area contributed by atoms with Crippen molar-refractivity contribution in [3.8, 4) is 0 Å². The van der Waals surface area contributed by atoms with Crippen LogP contribution in [-0.2, 0) is 19.4 Å². The average Bonchev–Trinajstić information content (AvgIpc) is 2.37. The van der Waals surface area contributed by atoms with E-state index in [1.165, 1.54) is 19.2 Å². The Bertz CT molecular complexity index is 556. The third-order valence-corrected chi connectivity index (χ3v) is 4.11. The van der Waals surface area contributed by atoms with Crippen molar-refractivity contribution in [3.63, 3.8) is 0 Å². The Morgan fingerprint density at radius 2 is 1.84 bits per heavy atom. The lowest BCUT2D eigenvalue weighted by Gasteiger charge is -2.08. The van der Waals surface area contributed by atoms with Crippen molar-refractivity contribution in [2.24, 2.45) is 5.92 Å². The molecule has 0 radical (unpaired) electrons. The van der Waals surface area contributed by atoms with Crippen molar-refractivity contribution in [2.75, 3.05) is 12.9 Å². The van der Waals surface area contributed by atoms with Crippen LogP contribution in [0.4, 0.5) is 0 Å². The van der Waals surface area contributed by atoms with Crippen LogP contribution in [0.5, 0.6) is 0 Å². The van der Waals surface area contributed by atoms with Gasteiger partial charge >= 0.3 is 5.97 Å². The maximum Gasteiger partial charge on any atom is 0.334 e. The molecule has 0 aliphatic heterocycles. The highest BCUT2D eigenvalue weighted by Crippen LogP contribution is 2.15. The Kier molecular flexibility index (Phi) is 5.30. The Hall–Kier alpha value is -1.62. The number of carbonyl (C=O) groups excluding carboxylic acids is 1. The molecule has 0 amide bonds. The predicted octanol–water partition coefficient (Wildman–Crippen LogP) is 2.22. The molecule has 0 aromatic heterocycles. The third kappa shape index (κ3) is 4.52. The summed E-state index contributed by atoms with van der Waals surface area (Å²) in [6.07, 6.45) is 1.62. The van der Waals surface area contributed by atoms with Gasteiger partial charge in [0.05, 0.1) is 17.8 Å². The van der Waals surface area contributed by atoms with Crippen LogP contribution in [-0.4, -0.2) is 27.2 Å². The monoisotopic (exact) mass is 282 g/mol. The van der Waals surface area contributed by atoms with Gasteiger partial charge in [0.15, 0.2) is 9.84 Å². The Morgan fingerprint density at radius 3 is 2.32 bits per heavy atom. The number of hydrogen-bond donors (Lipinski definition) is 0. The van der Waals surface area contributed by atoms with Crippen LogP contribution in [0, 0.1) is 5.92 Å². The number of methoxy groups -OCH3 is 1. The molecule has 1 aromatic rings. The van der Waals surface area contributed by atoms with Crippen LogP contribution >= 0.6 is 0 Å². The molecule has 4 nitrogen and oxygen atoms in total. The second kappa shape index (κ2) is 6.52. The lowest BCUT2D eigenvalue weighted by atomic mass is 10.1. The standard InChI is InChI=1S/C14H18O4S/c1-11(2)9-12(14(15)18-3)10-19(16,17)13-7-5-4-6-8-13/h4-9,11H,10H2,1-3H3/b12-9+. The van der Waals surface area contributed by atoms with Gasteiger partial charge in [-0.05, 0) is 18.1 Å². The quantitative estimate of drug-likeness (QED) is 0.613. The van der Waals surface area contributed by atoms with E-state index < -0.39 is 15.8 Å². The van der Waals surface area contributed by atoms with Gasteiger partial charge in [-0.15, -0.1) is 0 Å². The molecule has 1 rings (SSSR count). The van der Waals surface area contributed by atoms with E-state index in [4.69, 9.17) is 0 Å². The first-order valence-corrected chi connectivity index (χ1v) is 7.59. The second-order valence-electron chi connectivity index (χ2n) is 4.50. The fourth-order valence-electron chi connectivity index (χ4n) is 1.62. The van der Waals surface area contributed by atoms with Crippen LogP contribution in [0.2, 0.25) is 0 Å². The molecule has 0 heterocycles. The van der Waals surface area contributed by atoms with Crippen molar-refractivity contribution < 1.29 is 17.9 Å².